The molecule has 0 aliphatic rings. The minimum Gasteiger partial charge on any atom is -0.497 e. The van der Waals surface area contributed by atoms with Gasteiger partial charge in [0.05, 0.1) is 17.7 Å². The second kappa shape index (κ2) is 7.55. The van der Waals surface area contributed by atoms with Crippen LogP contribution >= 0.6 is 11.3 Å². The number of amides is 1. The average molecular weight is 383 g/mol. The molecule has 0 spiro atoms. The lowest BCUT2D eigenvalue weighted by atomic mass is 10.1. The Morgan fingerprint density at radius 2 is 1.78 bits per heavy atom. The third-order valence-corrected chi connectivity index (χ3v) is 5.13. The number of rotatable bonds is 4. The number of aryl methyl sites for hydroxylation is 1. The van der Waals surface area contributed by atoms with Gasteiger partial charge in [-0.3, -0.25) is 14.9 Å². The zero-order valence-corrected chi connectivity index (χ0v) is 15.8. The van der Waals surface area contributed by atoms with Gasteiger partial charge in [-0.25, -0.2) is 0 Å². The van der Waals surface area contributed by atoms with E-state index in [0.29, 0.717) is 10.4 Å². The molecule has 7 nitrogen and oxygen atoms in total. The van der Waals surface area contributed by atoms with Crippen LogP contribution in [0.2, 0.25) is 0 Å². The number of hydrogen-bond donors (Lipinski definition) is 0. The summed E-state index contributed by atoms with van der Waals surface area (Å²) in [5, 5.41) is 10.7. The van der Waals surface area contributed by atoms with Crippen molar-refractivity contribution in [3.8, 4) is 17.0 Å². The van der Waals surface area contributed by atoms with Gasteiger partial charge in [-0.1, -0.05) is 0 Å². The number of ether oxygens (including phenoxy) is 1. The molecule has 0 atom stereocenters. The highest BCUT2D eigenvalue weighted by molar-refractivity contribution is 7.09. The summed E-state index contributed by atoms with van der Waals surface area (Å²) in [6.07, 6.45) is 0. The average Bonchev–Trinajstić information content (AvgIpc) is 2.95. The van der Waals surface area contributed by atoms with Gasteiger partial charge in [0.25, 0.3) is 11.6 Å². The molecule has 138 valence electrons. The number of carbonyl (C=O) groups is 1. The number of nitro groups is 1. The second-order valence-electron chi connectivity index (χ2n) is 5.80. The summed E-state index contributed by atoms with van der Waals surface area (Å²) < 4.78 is 7.05. The third-order valence-electron chi connectivity index (χ3n) is 4.09. The van der Waals surface area contributed by atoms with E-state index in [1.54, 1.807) is 7.11 Å². The van der Waals surface area contributed by atoms with Crippen LogP contribution in [-0.4, -0.2) is 22.5 Å². The van der Waals surface area contributed by atoms with E-state index in [-0.39, 0.29) is 5.69 Å². The van der Waals surface area contributed by atoms with E-state index in [2.05, 4.69) is 4.99 Å². The van der Waals surface area contributed by atoms with Gasteiger partial charge in [0, 0.05) is 29.6 Å². The van der Waals surface area contributed by atoms with E-state index >= 15 is 0 Å². The minimum absolute atomic E-state index is 0.0640. The number of aromatic nitrogens is 1. The molecule has 1 amide bonds. The Kier molecular flexibility index (Phi) is 5.18. The number of thiazole rings is 1. The zero-order valence-electron chi connectivity index (χ0n) is 15.0. The fourth-order valence-electron chi connectivity index (χ4n) is 2.71. The number of non-ortho nitro benzene ring substituents is 1. The standard InChI is InChI=1S/C19H17N3O4S/c1-12-17(13-6-10-16(26-3)11-7-13)21(2)19(27-12)20-18(23)14-4-8-15(9-5-14)22(24)25/h4-11H,1-3H3. The normalized spacial score (nSPS) is 11.4. The molecule has 0 saturated carbocycles. The first-order valence-corrected chi connectivity index (χ1v) is 8.86. The molecule has 27 heavy (non-hydrogen) atoms. The third kappa shape index (κ3) is 3.80. The summed E-state index contributed by atoms with van der Waals surface area (Å²) >= 11 is 1.41. The van der Waals surface area contributed by atoms with Gasteiger partial charge in [0.1, 0.15) is 5.75 Å². The molecular formula is C19H17N3O4S. The Bertz CT molecular complexity index is 1060. The number of methoxy groups -OCH3 is 1. The molecule has 0 aliphatic carbocycles. The Balaban J connectivity index is 1.97. The first kappa shape index (κ1) is 18.5. The summed E-state index contributed by atoms with van der Waals surface area (Å²) in [5.41, 5.74) is 2.21. The molecule has 0 saturated heterocycles. The van der Waals surface area contributed by atoms with E-state index in [1.165, 1.54) is 35.6 Å². The number of nitro benzene ring substituents is 1. The predicted molar refractivity (Wildman–Crippen MR) is 103 cm³/mol. The summed E-state index contributed by atoms with van der Waals surface area (Å²) in [4.78, 5) is 28.4. The van der Waals surface area contributed by atoms with Crippen LogP contribution in [0.5, 0.6) is 5.75 Å². The van der Waals surface area contributed by atoms with E-state index < -0.39 is 10.8 Å². The van der Waals surface area contributed by atoms with E-state index in [1.807, 2.05) is 42.8 Å². The van der Waals surface area contributed by atoms with Gasteiger partial charge in [-0.2, -0.15) is 4.99 Å². The van der Waals surface area contributed by atoms with Crippen molar-refractivity contribution in [3.63, 3.8) is 0 Å². The van der Waals surface area contributed by atoms with Crippen LogP contribution in [0.15, 0.2) is 53.5 Å². The summed E-state index contributed by atoms with van der Waals surface area (Å²) in [5.74, 6) is 0.329. The number of hydrogen-bond acceptors (Lipinski definition) is 5. The summed E-state index contributed by atoms with van der Waals surface area (Å²) in [7, 11) is 3.47. The second-order valence-corrected chi connectivity index (χ2v) is 6.98. The Labute approximate surface area is 159 Å². The van der Waals surface area contributed by atoms with Crippen LogP contribution in [0.1, 0.15) is 15.2 Å². The predicted octanol–water partition coefficient (Wildman–Crippen LogP) is 3.72. The maximum atomic E-state index is 12.4. The van der Waals surface area contributed by atoms with Crippen molar-refractivity contribution in [2.75, 3.05) is 7.11 Å². The highest BCUT2D eigenvalue weighted by Gasteiger charge is 2.13. The first-order chi connectivity index (χ1) is 12.9. The van der Waals surface area contributed by atoms with E-state index in [9.17, 15) is 14.9 Å². The van der Waals surface area contributed by atoms with Crippen LogP contribution in [0.25, 0.3) is 11.3 Å². The van der Waals surface area contributed by atoms with Crippen molar-refractivity contribution < 1.29 is 14.5 Å². The van der Waals surface area contributed by atoms with Crippen LogP contribution < -0.4 is 9.54 Å². The first-order valence-electron chi connectivity index (χ1n) is 8.05. The van der Waals surface area contributed by atoms with Gasteiger partial charge in [-0.15, -0.1) is 11.3 Å². The van der Waals surface area contributed by atoms with Crippen molar-refractivity contribution in [1.29, 1.82) is 0 Å². The lowest BCUT2D eigenvalue weighted by molar-refractivity contribution is -0.384. The highest BCUT2D eigenvalue weighted by atomic mass is 32.1. The van der Waals surface area contributed by atoms with Gasteiger partial charge in [0.15, 0.2) is 4.80 Å². The molecule has 0 aliphatic heterocycles. The lowest BCUT2D eigenvalue weighted by Gasteiger charge is -2.06. The van der Waals surface area contributed by atoms with Gasteiger partial charge in [-0.05, 0) is 48.9 Å². The molecular weight excluding hydrogens is 366 g/mol. The van der Waals surface area contributed by atoms with Gasteiger partial charge in [0.2, 0.25) is 0 Å². The largest absolute Gasteiger partial charge is 0.497 e. The molecule has 1 aromatic heterocycles. The maximum absolute atomic E-state index is 12.4. The SMILES string of the molecule is COc1ccc(-c2c(C)sc(=NC(=O)c3ccc([N+](=O)[O-])cc3)n2C)cc1. The Morgan fingerprint density at radius 3 is 2.33 bits per heavy atom. The lowest BCUT2D eigenvalue weighted by Crippen LogP contribution is -2.14. The molecule has 8 heteroatoms. The molecule has 0 fully saturated rings. The molecule has 0 bridgehead atoms. The molecule has 1 heterocycles. The summed E-state index contributed by atoms with van der Waals surface area (Å²) in [6, 6.07) is 13.1. The Morgan fingerprint density at radius 1 is 1.15 bits per heavy atom. The summed E-state index contributed by atoms with van der Waals surface area (Å²) in [6.45, 7) is 1.97. The van der Waals surface area contributed by atoms with Crippen molar-refractivity contribution in [3.05, 3.63) is 73.9 Å². The van der Waals surface area contributed by atoms with E-state index in [0.717, 1.165) is 21.9 Å². The van der Waals surface area contributed by atoms with Gasteiger partial charge >= 0.3 is 0 Å². The molecule has 3 rings (SSSR count). The van der Waals surface area contributed by atoms with Crippen molar-refractivity contribution in [2.45, 2.75) is 6.92 Å². The quantitative estimate of drug-likeness (QED) is 0.507. The van der Waals surface area contributed by atoms with Crippen molar-refractivity contribution in [1.82, 2.24) is 4.57 Å². The minimum atomic E-state index is -0.505. The monoisotopic (exact) mass is 383 g/mol. The highest BCUT2D eigenvalue weighted by Crippen LogP contribution is 2.26. The fraction of sp³-hybridized carbons (Fsp3) is 0.158. The molecule has 2 aromatic carbocycles. The van der Waals surface area contributed by atoms with E-state index in [4.69, 9.17) is 4.74 Å². The molecule has 0 radical (unpaired) electrons. The molecule has 0 unspecified atom stereocenters. The topological polar surface area (TPSA) is 86.7 Å². The molecule has 3 aromatic rings. The maximum Gasteiger partial charge on any atom is 0.279 e. The van der Waals surface area contributed by atoms with Crippen LogP contribution in [0, 0.1) is 17.0 Å². The smallest absolute Gasteiger partial charge is 0.279 e. The van der Waals surface area contributed by atoms with Crippen LogP contribution in [0.3, 0.4) is 0 Å². The van der Waals surface area contributed by atoms with Crippen LogP contribution in [-0.2, 0) is 7.05 Å². The van der Waals surface area contributed by atoms with Crippen LogP contribution in [0.4, 0.5) is 5.69 Å². The zero-order chi connectivity index (χ0) is 19.6. The molecule has 0 N–H and O–H groups in total. The number of nitrogens with zero attached hydrogens (tertiary/aromatic N) is 3. The van der Waals surface area contributed by atoms with Crippen molar-refractivity contribution in [2.24, 2.45) is 12.0 Å². The van der Waals surface area contributed by atoms with Gasteiger partial charge < -0.3 is 9.30 Å². The Hall–Kier alpha value is -3.26. The van der Waals surface area contributed by atoms with Crippen molar-refractivity contribution >= 4 is 22.9 Å². The fourth-order valence-corrected chi connectivity index (χ4v) is 3.69. The number of benzene rings is 2. The number of carbonyl (C=O) groups excluding carboxylic acids is 1.